The number of nitrogens with zero attached hydrogens (tertiary/aromatic N) is 4. The van der Waals surface area contributed by atoms with Crippen molar-refractivity contribution >= 4 is 51.8 Å². The predicted octanol–water partition coefficient (Wildman–Crippen LogP) is 1.73. The minimum absolute atomic E-state index is 0.0912. The van der Waals surface area contributed by atoms with Gasteiger partial charge in [0.05, 0.1) is 17.1 Å². The Morgan fingerprint density at radius 1 is 1.32 bits per heavy atom. The summed E-state index contributed by atoms with van der Waals surface area (Å²) in [5.41, 5.74) is 7.16. The second-order valence-electron chi connectivity index (χ2n) is 4.84. The quantitative estimate of drug-likeness (QED) is 0.535. The fourth-order valence-electron chi connectivity index (χ4n) is 1.78. The molecule has 0 radical (unpaired) electrons. The van der Waals surface area contributed by atoms with Gasteiger partial charge in [0, 0.05) is 5.69 Å². The molecule has 0 bridgehead atoms. The van der Waals surface area contributed by atoms with Crippen molar-refractivity contribution in [2.24, 2.45) is 5.73 Å². The third-order valence-corrected chi connectivity index (χ3v) is 5.72. The highest BCUT2D eigenvalue weighted by Crippen LogP contribution is 2.26. The van der Waals surface area contributed by atoms with Crippen LogP contribution in [0.2, 0.25) is 0 Å². The molecule has 0 aromatic carbocycles. The average molecular weight is 395 g/mol. The number of carbonyl (C=O) groups is 2. The minimum atomic E-state index is -0.448. The maximum absolute atomic E-state index is 12.0. The van der Waals surface area contributed by atoms with Crippen LogP contribution in [0.25, 0.3) is 0 Å². The van der Waals surface area contributed by atoms with Crippen LogP contribution in [-0.2, 0) is 9.59 Å². The molecule has 0 saturated carbocycles. The van der Waals surface area contributed by atoms with Crippen molar-refractivity contribution in [1.29, 1.82) is 5.26 Å². The molecule has 0 spiro atoms. The summed E-state index contributed by atoms with van der Waals surface area (Å²) in [6, 6.07) is 3.94. The van der Waals surface area contributed by atoms with E-state index in [4.69, 9.17) is 5.73 Å². The Morgan fingerprint density at radius 3 is 2.76 bits per heavy atom. The van der Waals surface area contributed by atoms with Crippen LogP contribution in [0.15, 0.2) is 15.4 Å². The Labute approximate surface area is 156 Å². The molecule has 11 heteroatoms. The molecule has 8 nitrogen and oxygen atoms in total. The first kappa shape index (κ1) is 19.2. The number of aryl methyl sites for hydroxylation is 2. The van der Waals surface area contributed by atoms with E-state index in [-0.39, 0.29) is 17.4 Å². The molecular formula is C14H14N6O2S3. The van der Waals surface area contributed by atoms with E-state index in [2.05, 4.69) is 26.6 Å². The van der Waals surface area contributed by atoms with E-state index in [0.717, 1.165) is 34.4 Å². The van der Waals surface area contributed by atoms with Crippen LogP contribution in [0.4, 0.5) is 5.13 Å². The molecule has 3 N–H and O–H groups in total. The molecule has 130 valence electrons. The summed E-state index contributed by atoms with van der Waals surface area (Å²) in [6.07, 6.45) is 0. The van der Waals surface area contributed by atoms with Gasteiger partial charge in [-0.2, -0.15) is 5.26 Å². The zero-order valence-electron chi connectivity index (χ0n) is 13.4. The lowest BCUT2D eigenvalue weighted by Crippen LogP contribution is -2.14. The minimum Gasteiger partial charge on any atom is -0.369 e. The lowest BCUT2D eigenvalue weighted by atomic mass is 10.1. The van der Waals surface area contributed by atoms with Gasteiger partial charge in [0.1, 0.15) is 11.1 Å². The molecule has 0 aliphatic carbocycles. The number of carbonyl (C=O) groups excluding carboxylic acids is 2. The first-order valence-corrected chi connectivity index (χ1v) is 9.73. The number of nitrogens with one attached hydrogen (secondary N) is 1. The fourth-order valence-corrected chi connectivity index (χ4v) is 4.19. The van der Waals surface area contributed by atoms with Crippen LogP contribution >= 0.6 is 34.9 Å². The molecule has 0 aliphatic heterocycles. The van der Waals surface area contributed by atoms with Crippen molar-refractivity contribution < 1.29 is 9.59 Å². The summed E-state index contributed by atoms with van der Waals surface area (Å²) in [4.78, 5) is 27.1. The van der Waals surface area contributed by atoms with E-state index in [1.165, 1.54) is 11.8 Å². The Kier molecular flexibility index (Phi) is 6.74. The monoisotopic (exact) mass is 394 g/mol. The fraction of sp³-hybridized carbons (Fsp3) is 0.286. The van der Waals surface area contributed by atoms with Gasteiger partial charge in [-0.1, -0.05) is 34.9 Å². The Hall–Kier alpha value is -2.16. The molecule has 2 rings (SSSR count). The van der Waals surface area contributed by atoms with E-state index in [1.807, 2.05) is 19.9 Å². The summed E-state index contributed by atoms with van der Waals surface area (Å²) in [7, 11) is 0. The van der Waals surface area contributed by atoms with Gasteiger partial charge in [0.25, 0.3) is 0 Å². The second-order valence-corrected chi connectivity index (χ2v) is 8.00. The van der Waals surface area contributed by atoms with Gasteiger partial charge < -0.3 is 5.73 Å². The summed E-state index contributed by atoms with van der Waals surface area (Å²) in [5.74, 6) is -0.532. The highest BCUT2D eigenvalue weighted by molar-refractivity contribution is 8.01. The molecule has 0 fully saturated rings. The van der Waals surface area contributed by atoms with Crippen molar-refractivity contribution in [1.82, 2.24) is 15.2 Å². The molecule has 0 aliphatic rings. The molecule has 0 unspecified atom stereocenters. The van der Waals surface area contributed by atoms with E-state index >= 15 is 0 Å². The topological polar surface area (TPSA) is 135 Å². The number of aromatic nitrogens is 3. The number of rotatable bonds is 7. The van der Waals surface area contributed by atoms with Crippen LogP contribution in [0.1, 0.15) is 16.8 Å². The lowest BCUT2D eigenvalue weighted by molar-refractivity contribution is -0.115. The molecule has 2 aromatic heterocycles. The van der Waals surface area contributed by atoms with Gasteiger partial charge in [-0.25, -0.2) is 4.98 Å². The van der Waals surface area contributed by atoms with E-state index in [0.29, 0.717) is 20.1 Å². The Bertz CT molecular complexity index is 846. The Balaban J connectivity index is 1.93. The highest BCUT2D eigenvalue weighted by Gasteiger charge is 2.13. The molecule has 2 amide bonds. The molecule has 25 heavy (non-hydrogen) atoms. The summed E-state index contributed by atoms with van der Waals surface area (Å²) < 4.78 is 0.546. The number of amides is 2. The maximum atomic E-state index is 12.0. The molecule has 2 aromatic rings. The van der Waals surface area contributed by atoms with Crippen LogP contribution in [0.3, 0.4) is 0 Å². The van der Waals surface area contributed by atoms with E-state index < -0.39 is 5.91 Å². The number of nitriles is 1. The third kappa shape index (κ3) is 5.70. The van der Waals surface area contributed by atoms with Crippen molar-refractivity contribution in [3.8, 4) is 6.07 Å². The SMILES string of the molecule is Cc1cc(C)c(C#N)c(SCC(=O)Nc2nnc(SCC(N)=O)s2)n1. The largest absolute Gasteiger partial charge is 0.369 e. The van der Waals surface area contributed by atoms with Crippen molar-refractivity contribution in [3.05, 3.63) is 22.9 Å². The van der Waals surface area contributed by atoms with Gasteiger partial charge in [0.2, 0.25) is 16.9 Å². The second kappa shape index (κ2) is 8.80. The number of nitrogens with two attached hydrogens (primary N) is 1. The zero-order valence-corrected chi connectivity index (χ0v) is 15.8. The normalized spacial score (nSPS) is 10.3. The van der Waals surface area contributed by atoms with Crippen LogP contribution in [0, 0.1) is 25.2 Å². The number of pyridine rings is 1. The van der Waals surface area contributed by atoms with E-state index in [9.17, 15) is 14.9 Å². The van der Waals surface area contributed by atoms with Gasteiger partial charge in [-0.3, -0.25) is 14.9 Å². The van der Waals surface area contributed by atoms with Gasteiger partial charge >= 0.3 is 0 Å². The van der Waals surface area contributed by atoms with E-state index in [1.54, 1.807) is 0 Å². The average Bonchev–Trinajstić information content (AvgIpc) is 2.98. The highest BCUT2D eigenvalue weighted by atomic mass is 32.2. The number of anilines is 1. The summed E-state index contributed by atoms with van der Waals surface area (Å²) in [5, 5.41) is 20.4. The number of hydrogen-bond acceptors (Lipinski definition) is 9. The van der Waals surface area contributed by atoms with Gasteiger partial charge in [-0.15, -0.1) is 10.2 Å². The first-order valence-electron chi connectivity index (χ1n) is 6.94. The standard InChI is InChI=1S/C14H14N6O2S3/c1-7-3-8(2)17-12(9(7)4-15)23-6-11(22)18-13-19-20-14(25-13)24-5-10(16)21/h3H,5-6H2,1-2H3,(H2,16,21)(H,18,19,22). The molecular weight excluding hydrogens is 380 g/mol. The number of thioether (sulfide) groups is 2. The number of hydrogen-bond donors (Lipinski definition) is 2. The summed E-state index contributed by atoms with van der Waals surface area (Å²) >= 11 is 3.52. The van der Waals surface area contributed by atoms with Crippen LogP contribution < -0.4 is 11.1 Å². The zero-order chi connectivity index (χ0) is 18.4. The predicted molar refractivity (Wildman–Crippen MR) is 97.6 cm³/mol. The third-order valence-electron chi connectivity index (χ3n) is 2.75. The van der Waals surface area contributed by atoms with Gasteiger partial charge in [0.15, 0.2) is 4.34 Å². The van der Waals surface area contributed by atoms with Crippen LogP contribution in [0.5, 0.6) is 0 Å². The van der Waals surface area contributed by atoms with Crippen molar-refractivity contribution in [2.45, 2.75) is 23.2 Å². The van der Waals surface area contributed by atoms with Crippen molar-refractivity contribution in [2.75, 3.05) is 16.8 Å². The lowest BCUT2D eigenvalue weighted by Gasteiger charge is -2.07. The molecule has 0 saturated heterocycles. The van der Waals surface area contributed by atoms with Crippen molar-refractivity contribution in [3.63, 3.8) is 0 Å². The maximum Gasteiger partial charge on any atom is 0.236 e. The van der Waals surface area contributed by atoms with Gasteiger partial charge in [-0.05, 0) is 25.5 Å². The first-order chi connectivity index (χ1) is 11.9. The smallest absolute Gasteiger partial charge is 0.236 e. The Morgan fingerprint density at radius 2 is 2.08 bits per heavy atom. The summed E-state index contributed by atoms with van der Waals surface area (Å²) in [6.45, 7) is 3.68. The molecule has 0 atom stereocenters. The molecule has 2 heterocycles. The van der Waals surface area contributed by atoms with Crippen LogP contribution in [-0.4, -0.2) is 38.5 Å². The number of primary amides is 1.